The summed E-state index contributed by atoms with van der Waals surface area (Å²) in [6.45, 7) is 4.04. The third kappa shape index (κ3) is 3.26. The molecule has 3 N–H and O–H groups in total. The fourth-order valence-corrected chi connectivity index (χ4v) is 2.18. The molecule has 4 heteroatoms. The van der Waals surface area contributed by atoms with Gasteiger partial charge >= 0.3 is 0 Å². The maximum absolute atomic E-state index is 7.38. The maximum Gasteiger partial charge on any atom is 0.128 e. The molecule has 0 saturated carbocycles. The number of benzene rings is 2. The highest BCUT2D eigenvalue weighted by Crippen LogP contribution is 2.27. The SMILES string of the molecule is Cc1cc(C)cc(Oc2ccc(C(=N)N)c(Cl)c2)c1. The van der Waals surface area contributed by atoms with Crippen LogP contribution in [0.25, 0.3) is 0 Å². The lowest BCUT2D eigenvalue weighted by molar-refractivity contribution is 0.482. The van der Waals surface area contributed by atoms with Crippen LogP contribution in [0.2, 0.25) is 5.02 Å². The number of rotatable bonds is 3. The number of amidine groups is 1. The summed E-state index contributed by atoms with van der Waals surface area (Å²) in [4.78, 5) is 0. The molecule has 0 bridgehead atoms. The molecule has 2 aromatic carbocycles. The van der Waals surface area contributed by atoms with Crippen LogP contribution < -0.4 is 10.5 Å². The Kier molecular flexibility index (Phi) is 3.76. The van der Waals surface area contributed by atoms with Crippen LogP contribution in [0.15, 0.2) is 36.4 Å². The van der Waals surface area contributed by atoms with Crippen molar-refractivity contribution in [3.63, 3.8) is 0 Å². The Morgan fingerprint density at radius 1 is 1.05 bits per heavy atom. The molecule has 0 amide bonds. The van der Waals surface area contributed by atoms with Gasteiger partial charge in [-0.25, -0.2) is 0 Å². The maximum atomic E-state index is 7.38. The van der Waals surface area contributed by atoms with E-state index in [1.807, 2.05) is 26.0 Å². The highest BCUT2D eigenvalue weighted by Gasteiger charge is 2.06. The number of nitrogens with two attached hydrogens (primary N) is 1. The van der Waals surface area contributed by atoms with Crippen molar-refractivity contribution in [3.8, 4) is 11.5 Å². The number of ether oxygens (including phenoxy) is 1. The van der Waals surface area contributed by atoms with Gasteiger partial charge in [-0.2, -0.15) is 0 Å². The largest absolute Gasteiger partial charge is 0.457 e. The average molecular weight is 275 g/mol. The standard InChI is InChI=1S/C15H15ClN2O/c1-9-5-10(2)7-12(6-9)19-11-3-4-13(15(17)18)14(16)8-11/h3-8H,1-2H3,(H3,17,18). The zero-order chi connectivity index (χ0) is 14.0. The lowest BCUT2D eigenvalue weighted by atomic mass is 10.1. The Balaban J connectivity index is 2.28. The molecule has 0 heterocycles. The molecular weight excluding hydrogens is 260 g/mol. The van der Waals surface area contributed by atoms with Gasteiger partial charge in [0.2, 0.25) is 0 Å². The Bertz CT molecular complexity index is 618. The van der Waals surface area contributed by atoms with E-state index in [0.29, 0.717) is 16.3 Å². The molecule has 2 rings (SSSR count). The van der Waals surface area contributed by atoms with Crippen LogP contribution in [-0.4, -0.2) is 5.84 Å². The van der Waals surface area contributed by atoms with Crippen molar-refractivity contribution in [3.05, 3.63) is 58.1 Å². The molecule has 3 nitrogen and oxygen atoms in total. The molecule has 0 aliphatic rings. The molecule has 0 unspecified atom stereocenters. The van der Waals surface area contributed by atoms with E-state index in [2.05, 4.69) is 6.07 Å². The molecule has 19 heavy (non-hydrogen) atoms. The van der Waals surface area contributed by atoms with E-state index in [1.165, 1.54) is 0 Å². The highest BCUT2D eigenvalue weighted by atomic mass is 35.5. The monoisotopic (exact) mass is 274 g/mol. The van der Waals surface area contributed by atoms with Gasteiger partial charge in [-0.15, -0.1) is 0 Å². The van der Waals surface area contributed by atoms with E-state index in [-0.39, 0.29) is 5.84 Å². The van der Waals surface area contributed by atoms with Crippen molar-refractivity contribution in [2.75, 3.05) is 0 Å². The first-order valence-corrected chi connectivity index (χ1v) is 6.23. The number of nitrogens with one attached hydrogen (secondary N) is 1. The number of aryl methyl sites for hydroxylation is 2. The number of nitrogen functional groups attached to an aromatic ring is 1. The number of hydrogen-bond donors (Lipinski definition) is 2. The Morgan fingerprint density at radius 2 is 1.68 bits per heavy atom. The van der Waals surface area contributed by atoms with Crippen molar-refractivity contribution in [2.24, 2.45) is 5.73 Å². The molecule has 0 atom stereocenters. The zero-order valence-electron chi connectivity index (χ0n) is 10.8. The highest BCUT2D eigenvalue weighted by molar-refractivity contribution is 6.34. The van der Waals surface area contributed by atoms with E-state index >= 15 is 0 Å². The van der Waals surface area contributed by atoms with E-state index in [4.69, 9.17) is 27.5 Å². The summed E-state index contributed by atoms with van der Waals surface area (Å²) in [6, 6.07) is 11.1. The quantitative estimate of drug-likeness (QED) is 0.656. The van der Waals surface area contributed by atoms with Crippen LogP contribution in [0.1, 0.15) is 16.7 Å². The molecule has 0 aliphatic heterocycles. The van der Waals surface area contributed by atoms with Gasteiger partial charge in [0.1, 0.15) is 17.3 Å². The van der Waals surface area contributed by atoms with Crippen LogP contribution in [0.3, 0.4) is 0 Å². The fourth-order valence-electron chi connectivity index (χ4n) is 1.91. The Hall–Kier alpha value is -2.00. The van der Waals surface area contributed by atoms with Gasteiger partial charge in [0.05, 0.1) is 5.02 Å². The Morgan fingerprint density at radius 3 is 2.21 bits per heavy atom. The second-order valence-electron chi connectivity index (χ2n) is 4.48. The van der Waals surface area contributed by atoms with Crippen molar-refractivity contribution in [1.82, 2.24) is 0 Å². The smallest absolute Gasteiger partial charge is 0.128 e. The summed E-state index contributed by atoms with van der Waals surface area (Å²) >= 11 is 6.05. The Labute approximate surface area is 117 Å². The predicted octanol–water partition coefficient (Wildman–Crippen LogP) is 4.03. The predicted molar refractivity (Wildman–Crippen MR) is 78.5 cm³/mol. The molecule has 0 fully saturated rings. The van der Waals surface area contributed by atoms with Crippen molar-refractivity contribution < 1.29 is 4.74 Å². The van der Waals surface area contributed by atoms with Gasteiger partial charge in [0.15, 0.2) is 0 Å². The van der Waals surface area contributed by atoms with Gasteiger partial charge in [-0.1, -0.05) is 17.7 Å². The number of halogens is 1. The minimum Gasteiger partial charge on any atom is -0.457 e. The third-order valence-electron chi connectivity index (χ3n) is 2.66. The minimum absolute atomic E-state index is 0.0528. The molecule has 0 radical (unpaired) electrons. The summed E-state index contributed by atoms with van der Waals surface area (Å²) in [7, 11) is 0. The first-order valence-electron chi connectivity index (χ1n) is 5.86. The lowest BCUT2D eigenvalue weighted by Crippen LogP contribution is -2.11. The van der Waals surface area contributed by atoms with E-state index in [0.717, 1.165) is 16.9 Å². The van der Waals surface area contributed by atoms with Gasteiger partial charge in [0.25, 0.3) is 0 Å². The summed E-state index contributed by atoms with van der Waals surface area (Å²) < 4.78 is 5.76. The minimum atomic E-state index is -0.0528. The topological polar surface area (TPSA) is 59.1 Å². The molecule has 0 spiro atoms. The first-order chi connectivity index (χ1) is 8.95. The van der Waals surface area contributed by atoms with Gasteiger partial charge < -0.3 is 10.5 Å². The second-order valence-corrected chi connectivity index (χ2v) is 4.89. The summed E-state index contributed by atoms with van der Waals surface area (Å²) in [6.07, 6.45) is 0. The summed E-state index contributed by atoms with van der Waals surface area (Å²) in [5.41, 5.74) is 8.20. The van der Waals surface area contributed by atoms with Gasteiger partial charge in [-0.3, -0.25) is 5.41 Å². The van der Waals surface area contributed by atoms with Crippen LogP contribution in [0, 0.1) is 19.3 Å². The molecule has 98 valence electrons. The van der Waals surface area contributed by atoms with Crippen molar-refractivity contribution >= 4 is 17.4 Å². The third-order valence-corrected chi connectivity index (χ3v) is 2.97. The van der Waals surface area contributed by atoms with E-state index in [1.54, 1.807) is 18.2 Å². The van der Waals surface area contributed by atoms with Crippen LogP contribution in [-0.2, 0) is 0 Å². The molecule has 0 aromatic heterocycles. The summed E-state index contributed by atoms with van der Waals surface area (Å²) in [5, 5.41) is 7.79. The molecule has 0 aliphatic carbocycles. The van der Waals surface area contributed by atoms with Crippen molar-refractivity contribution in [2.45, 2.75) is 13.8 Å². The van der Waals surface area contributed by atoms with Crippen LogP contribution in [0.5, 0.6) is 11.5 Å². The average Bonchev–Trinajstić information content (AvgIpc) is 2.26. The summed E-state index contributed by atoms with van der Waals surface area (Å²) in [5.74, 6) is 1.34. The first kappa shape index (κ1) is 13.4. The van der Waals surface area contributed by atoms with Gasteiger partial charge in [0, 0.05) is 11.6 Å². The zero-order valence-corrected chi connectivity index (χ0v) is 11.6. The molecule has 0 saturated heterocycles. The van der Waals surface area contributed by atoms with Crippen LogP contribution in [0.4, 0.5) is 0 Å². The second kappa shape index (κ2) is 5.33. The van der Waals surface area contributed by atoms with E-state index < -0.39 is 0 Å². The normalized spacial score (nSPS) is 10.3. The van der Waals surface area contributed by atoms with Gasteiger partial charge in [-0.05, 0) is 49.2 Å². The van der Waals surface area contributed by atoms with Crippen LogP contribution >= 0.6 is 11.6 Å². The number of hydrogen-bond acceptors (Lipinski definition) is 2. The molecular formula is C15H15ClN2O. The fraction of sp³-hybridized carbons (Fsp3) is 0.133. The lowest BCUT2D eigenvalue weighted by Gasteiger charge is -2.09. The van der Waals surface area contributed by atoms with E-state index in [9.17, 15) is 0 Å². The molecule has 2 aromatic rings. The van der Waals surface area contributed by atoms with Crippen molar-refractivity contribution in [1.29, 1.82) is 5.41 Å².